The van der Waals surface area contributed by atoms with Gasteiger partial charge in [0.15, 0.2) is 0 Å². The van der Waals surface area contributed by atoms with Gasteiger partial charge in [0.05, 0.1) is 5.56 Å². The van der Waals surface area contributed by atoms with Crippen LogP contribution in [0.1, 0.15) is 22.3 Å². The molecule has 0 aliphatic heterocycles. The van der Waals surface area contributed by atoms with Crippen molar-refractivity contribution in [2.24, 2.45) is 5.73 Å². The second kappa shape index (κ2) is 5.81. The fraction of sp³-hybridized carbons (Fsp3) is 0.364. The second-order valence-electron chi connectivity index (χ2n) is 3.62. The third-order valence-corrected chi connectivity index (χ3v) is 2.15. The highest BCUT2D eigenvalue weighted by Gasteiger charge is 2.31. The number of benzene rings is 1. The van der Waals surface area contributed by atoms with Crippen molar-refractivity contribution in [3.05, 3.63) is 35.1 Å². The molecular formula is C11H12F4N2O. The third-order valence-electron chi connectivity index (χ3n) is 2.15. The molecule has 1 rings (SSSR count). The van der Waals surface area contributed by atoms with Gasteiger partial charge < -0.3 is 11.1 Å². The lowest BCUT2D eigenvalue weighted by molar-refractivity contribution is -0.137. The minimum Gasteiger partial charge on any atom is -0.352 e. The molecule has 1 aromatic carbocycles. The summed E-state index contributed by atoms with van der Waals surface area (Å²) in [4.78, 5) is 11.5. The van der Waals surface area contributed by atoms with E-state index in [0.717, 1.165) is 6.07 Å². The van der Waals surface area contributed by atoms with Crippen LogP contribution < -0.4 is 11.1 Å². The number of nitrogens with two attached hydrogens (primary N) is 1. The number of carbonyl (C=O) groups excluding carboxylic acids is 1. The van der Waals surface area contributed by atoms with E-state index in [1.807, 2.05) is 0 Å². The first-order chi connectivity index (χ1) is 8.34. The molecule has 0 aliphatic rings. The van der Waals surface area contributed by atoms with Crippen molar-refractivity contribution >= 4 is 5.91 Å². The lowest BCUT2D eigenvalue weighted by Gasteiger charge is -2.09. The van der Waals surface area contributed by atoms with Crippen LogP contribution in [-0.2, 0) is 6.18 Å². The summed E-state index contributed by atoms with van der Waals surface area (Å²) >= 11 is 0. The molecule has 3 N–H and O–H groups in total. The molecule has 0 radical (unpaired) electrons. The number of hydrogen-bond donors (Lipinski definition) is 2. The molecule has 0 aromatic heterocycles. The van der Waals surface area contributed by atoms with Crippen LogP contribution in [0.15, 0.2) is 18.2 Å². The van der Waals surface area contributed by atoms with Crippen molar-refractivity contribution in [1.29, 1.82) is 0 Å². The van der Waals surface area contributed by atoms with E-state index in [0.29, 0.717) is 25.1 Å². The molecule has 18 heavy (non-hydrogen) atoms. The highest BCUT2D eigenvalue weighted by atomic mass is 19.4. The van der Waals surface area contributed by atoms with E-state index in [1.165, 1.54) is 0 Å². The maximum absolute atomic E-state index is 13.0. The van der Waals surface area contributed by atoms with Crippen molar-refractivity contribution in [2.45, 2.75) is 12.6 Å². The van der Waals surface area contributed by atoms with Crippen LogP contribution in [0, 0.1) is 5.82 Å². The van der Waals surface area contributed by atoms with Crippen molar-refractivity contribution in [1.82, 2.24) is 5.32 Å². The Bertz CT molecular complexity index is 432. The topological polar surface area (TPSA) is 55.1 Å². The second-order valence-corrected chi connectivity index (χ2v) is 3.62. The third kappa shape index (κ3) is 3.99. The van der Waals surface area contributed by atoms with E-state index < -0.39 is 23.5 Å². The highest BCUT2D eigenvalue weighted by molar-refractivity contribution is 5.94. The highest BCUT2D eigenvalue weighted by Crippen LogP contribution is 2.30. The molecule has 0 saturated heterocycles. The zero-order chi connectivity index (χ0) is 13.8. The summed E-state index contributed by atoms with van der Waals surface area (Å²) in [6.45, 7) is 0.574. The Labute approximate surface area is 101 Å². The minimum atomic E-state index is -4.69. The Morgan fingerprint density at radius 1 is 1.28 bits per heavy atom. The number of amides is 1. The standard InChI is InChI=1S/C11H12F4N2O/c12-9-5-7(10(18)17-3-1-2-16)4-8(6-9)11(13,14)15/h4-6H,1-3,16H2,(H,17,18). The molecule has 0 atom stereocenters. The predicted molar refractivity (Wildman–Crippen MR) is 57.4 cm³/mol. The van der Waals surface area contributed by atoms with Gasteiger partial charge in [-0.25, -0.2) is 4.39 Å². The Morgan fingerprint density at radius 3 is 2.50 bits per heavy atom. The summed E-state index contributed by atoms with van der Waals surface area (Å²) in [5.74, 6) is -1.86. The van der Waals surface area contributed by atoms with E-state index in [9.17, 15) is 22.4 Å². The molecule has 0 heterocycles. The first kappa shape index (κ1) is 14.4. The van der Waals surface area contributed by atoms with Gasteiger partial charge in [-0.15, -0.1) is 0 Å². The summed E-state index contributed by atoms with van der Waals surface area (Å²) in [6.07, 6.45) is -4.19. The van der Waals surface area contributed by atoms with E-state index in [4.69, 9.17) is 5.73 Å². The molecule has 0 bridgehead atoms. The molecular weight excluding hydrogens is 252 g/mol. The number of nitrogens with one attached hydrogen (secondary N) is 1. The number of alkyl halides is 3. The van der Waals surface area contributed by atoms with Crippen molar-refractivity contribution < 1.29 is 22.4 Å². The molecule has 1 amide bonds. The largest absolute Gasteiger partial charge is 0.416 e. The molecule has 1 aromatic rings. The summed E-state index contributed by atoms with van der Waals surface area (Å²) in [6, 6.07) is 1.71. The fourth-order valence-corrected chi connectivity index (χ4v) is 1.29. The Hall–Kier alpha value is -1.63. The molecule has 100 valence electrons. The van der Waals surface area contributed by atoms with Crippen molar-refractivity contribution in [3.63, 3.8) is 0 Å². The summed E-state index contributed by atoms with van der Waals surface area (Å²) < 4.78 is 50.2. The van der Waals surface area contributed by atoms with Gasteiger partial charge in [0.1, 0.15) is 5.82 Å². The van der Waals surface area contributed by atoms with E-state index >= 15 is 0 Å². The van der Waals surface area contributed by atoms with Crippen LogP contribution >= 0.6 is 0 Å². The quantitative estimate of drug-likeness (QED) is 0.645. The number of hydrogen-bond acceptors (Lipinski definition) is 2. The maximum atomic E-state index is 13.0. The van der Waals surface area contributed by atoms with Gasteiger partial charge in [-0.2, -0.15) is 13.2 Å². The van der Waals surface area contributed by atoms with E-state index in [1.54, 1.807) is 0 Å². The van der Waals surface area contributed by atoms with Crippen LogP contribution in [-0.4, -0.2) is 19.0 Å². The van der Waals surface area contributed by atoms with Crippen LogP contribution in [0.3, 0.4) is 0 Å². The average Bonchev–Trinajstić information content (AvgIpc) is 2.27. The van der Waals surface area contributed by atoms with E-state index in [2.05, 4.69) is 5.32 Å². The van der Waals surface area contributed by atoms with Gasteiger partial charge in [-0.3, -0.25) is 4.79 Å². The SMILES string of the molecule is NCCCNC(=O)c1cc(F)cc(C(F)(F)F)c1. The molecule has 0 saturated carbocycles. The lowest BCUT2D eigenvalue weighted by atomic mass is 10.1. The van der Waals surface area contributed by atoms with Gasteiger partial charge in [0, 0.05) is 12.1 Å². The zero-order valence-corrected chi connectivity index (χ0v) is 9.35. The van der Waals surface area contributed by atoms with E-state index in [-0.39, 0.29) is 12.1 Å². The average molecular weight is 264 g/mol. The molecule has 0 fully saturated rings. The van der Waals surface area contributed by atoms with Gasteiger partial charge in [-0.05, 0) is 31.2 Å². The predicted octanol–water partition coefficient (Wildman–Crippen LogP) is 1.92. The summed E-state index contributed by atoms with van der Waals surface area (Å²) in [5.41, 5.74) is 3.65. The molecule has 0 aliphatic carbocycles. The van der Waals surface area contributed by atoms with Gasteiger partial charge in [0.25, 0.3) is 5.91 Å². The molecule has 0 unspecified atom stereocenters. The summed E-state index contributed by atoms with van der Waals surface area (Å²) in [7, 11) is 0. The van der Waals surface area contributed by atoms with Crippen LogP contribution in [0.4, 0.5) is 17.6 Å². The van der Waals surface area contributed by atoms with Crippen LogP contribution in [0.2, 0.25) is 0 Å². The smallest absolute Gasteiger partial charge is 0.352 e. The summed E-state index contributed by atoms with van der Waals surface area (Å²) in [5, 5.41) is 2.35. The van der Waals surface area contributed by atoms with Gasteiger partial charge in [-0.1, -0.05) is 0 Å². The monoisotopic (exact) mass is 264 g/mol. The van der Waals surface area contributed by atoms with Crippen LogP contribution in [0.25, 0.3) is 0 Å². The fourth-order valence-electron chi connectivity index (χ4n) is 1.29. The van der Waals surface area contributed by atoms with Crippen LogP contribution in [0.5, 0.6) is 0 Å². The lowest BCUT2D eigenvalue weighted by Crippen LogP contribution is -2.26. The van der Waals surface area contributed by atoms with Gasteiger partial charge in [0.2, 0.25) is 0 Å². The first-order valence-corrected chi connectivity index (χ1v) is 5.20. The minimum absolute atomic E-state index is 0.229. The number of rotatable bonds is 4. The number of halogens is 4. The molecule has 0 spiro atoms. The molecule has 3 nitrogen and oxygen atoms in total. The zero-order valence-electron chi connectivity index (χ0n) is 9.35. The van der Waals surface area contributed by atoms with Gasteiger partial charge >= 0.3 is 6.18 Å². The first-order valence-electron chi connectivity index (χ1n) is 5.20. The Morgan fingerprint density at radius 2 is 1.94 bits per heavy atom. The normalized spacial score (nSPS) is 11.4. The Kier molecular flexibility index (Phi) is 4.66. The Balaban J connectivity index is 2.89. The van der Waals surface area contributed by atoms with Crippen molar-refractivity contribution in [3.8, 4) is 0 Å². The maximum Gasteiger partial charge on any atom is 0.416 e. The molecule has 7 heteroatoms. The number of carbonyl (C=O) groups is 1. The van der Waals surface area contributed by atoms with Crippen molar-refractivity contribution in [2.75, 3.05) is 13.1 Å².